The van der Waals surface area contributed by atoms with Crippen molar-refractivity contribution < 1.29 is 4.79 Å². The Morgan fingerprint density at radius 1 is 1.18 bits per heavy atom. The lowest BCUT2D eigenvalue weighted by Crippen LogP contribution is -2.19. The molecule has 0 radical (unpaired) electrons. The highest BCUT2D eigenvalue weighted by atomic mass is 35.5. The predicted octanol–water partition coefficient (Wildman–Crippen LogP) is 3.73. The number of hydrogen-bond acceptors (Lipinski definition) is 2. The van der Waals surface area contributed by atoms with Crippen LogP contribution in [0.4, 0.5) is 5.69 Å². The lowest BCUT2D eigenvalue weighted by Gasteiger charge is -2.20. The molecule has 0 N–H and O–H groups in total. The number of para-hydroxylation sites is 1. The van der Waals surface area contributed by atoms with Gasteiger partial charge in [-0.2, -0.15) is 0 Å². The first-order valence-corrected chi connectivity index (χ1v) is 6.64. The van der Waals surface area contributed by atoms with E-state index in [1.54, 1.807) is 0 Å². The third-order valence-electron chi connectivity index (χ3n) is 2.85. The zero-order valence-corrected chi connectivity index (χ0v) is 11.1. The normalized spacial score (nSPS) is 10.2. The molecule has 1 aromatic rings. The van der Waals surface area contributed by atoms with Crippen molar-refractivity contribution in [2.75, 3.05) is 24.4 Å². The number of benzene rings is 1. The maximum absolute atomic E-state index is 10.9. The van der Waals surface area contributed by atoms with Crippen molar-refractivity contribution in [1.82, 2.24) is 0 Å². The molecule has 0 saturated carbocycles. The van der Waals surface area contributed by atoms with Crippen LogP contribution in [0, 0.1) is 0 Å². The number of rotatable bonds is 8. The molecule has 2 nitrogen and oxygen atoms in total. The summed E-state index contributed by atoms with van der Waals surface area (Å²) in [5.74, 6) is 0.754. The van der Waals surface area contributed by atoms with Gasteiger partial charge in [-0.1, -0.05) is 25.0 Å². The quantitative estimate of drug-likeness (QED) is 0.400. The van der Waals surface area contributed by atoms with Crippen molar-refractivity contribution in [3.05, 3.63) is 29.8 Å². The number of carbonyl (C=O) groups is 1. The monoisotopic (exact) mass is 253 g/mol. The molecule has 0 amide bonds. The number of alkyl halides is 1. The Morgan fingerprint density at radius 2 is 1.88 bits per heavy atom. The zero-order chi connectivity index (χ0) is 12.5. The average Bonchev–Trinajstić information content (AvgIpc) is 2.38. The zero-order valence-electron chi connectivity index (χ0n) is 10.4. The van der Waals surface area contributed by atoms with Gasteiger partial charge in [-0.3, -0.25) is 4.79 Å². The van der Waals surface area contributed by atoms with Crippen molar-refractivity contribution in [3.63, 3.8) is 0 Å². The van der Waals surface area contributed by atoms with Crippen molar-refractivity contribution in [1.29, 1.82) is 0 Å². The fourth-order valence-electron chi connectivity index (χ4n) is 1.85. The number of unbranched alkanes of at least 4 members (excludes halogenated alkanes) is 3. The van der Waals surface area contributed by atoms with Crippen LogP contribution in [0.15, 0.2) is 24.3 Å². The maximum atomic E-state index is 10.9. The molecule has 0 unspecified atom stereocenters. The van der Waals surface area contributed by atoms with Crippen LogP contribution in [0.1, 0.15) is 36.0 Å². The molecule has 0 spiro atoms. The van der Waals surface area contributed by atoms with E-state index >= 15 is 0 Å². The Hall–Kier alpha value is -1.02. The van der Waals surface area contributed by atoms with E-state index in [1.165, 1.54) is 12.8 Å². The lowest BCUT2D eigenvalue weighted by atomic mass is 10.1. The molecular weight excluding hydrogens is 234 g/mol. The molecule has 0 bridgehead atoms. The number of halogens is 1. The lowest BCUT2D eigenvalue weighted by molar-refractivity contribution is 0.112. The summed E-state index contributed by atoms with van der Waals surface area (Å²) in [5.41, 5.74) is 1.77. The van der Waals surface area contributed by atoms with Gasteiger partial charge in [-0.05, 0) is 25.0 Å². The summed E-state index contributed by atoms with van der Waals surface area (Å²) in [4.78, 5) is 13.0. The molecule has 0 atom stereocenters. The van der Waals surface area contributed by atoms with Gasteiger partial charge < -0.3 is 4.90 Å². The van der Waals surface area contributed by atoms with E-state index in [-0.39, 0.29) is 0 Å². The molecule has 0 aliphatic heterocycles. The van der Waals surface area contributed by atoms with Crippen molar-refractivity contribution in [3.8, 4) is 0 Å². The van der Waals surface area contributed by atoms with Crippen LogP contribution in [0.3, 0.4) is 0 Å². The fraction of sp³-hybridized carbons (Fsp3) is 0.500. The summed E-state index contributed by atoms with van der Waals surface area (Å²) < 4.78 is 0. The van der Waals surface area contributed by atoms with Gasteiger partial charge in [0.2, 0.25) is 0 Å². The van der Waals surface area contributed by atoms with Crippen LogP contribution in [0.5, 0.6) is 0 Å². The predicted molar refractivity (Wildman–Crippen MR) is 74.3 cm³/mol. The molecule has 0 fully saturated rings. The van der Waals surface area contributed by atoms with Crippen LogP contribution < -0.4 is 4.90 Å². The molecule has 0 aliphatic carbocycles. The summed E-state index contributed by atoms with van der Waals surface area (Å²) in [7, 11) is 2.03. The minimum Gasteiger partial charge on any atom is -0.374 e. The van der Waals surface area contributed by atoms with E-state index in [1.807, 2.05) is 31.3 Å². The minimum absolute atomic E-state index is 0.754. The summed E-state index contributed by atoms with van der Waals surface area (Å²) in [6.45, 7) is 0.979. The van der Waals surface area contributed by atoms with Gasteiger partial charge in [0, 0.05) is 30.7 Å². The number of nitrogens with zero attached hydrogens (tertiary/aromatic N) is 1. The van der Waals surface area contributed by atoms with Gasteiger partial charge in [0.1, 0.15) is 0 Å². The highest BCUT2D eigenvalue weighted by molar-refractivity contribution is 6.17. The van der Waals surface area contributed by atoms with Gasteiger partial charge in [0.15, 0.2) is 6.29 Å². The third-order valence-corrected chi connectivity index (χ3v) is 3.12. The maximum Gasteiger partial charge on any atom is 0.152 e. The summed E-state index contributed by atoms with van der Waals surface area (Å²) in [6.07, 6.45) is 5.53. The highest BCUT2D eigenvalue weighted by Crippen LogP contribution is 2.17. The van der Waals surface area contributed by atoms with Gasteiger partial charge in [0.05, 0.1) is 0 Å². The van der Waals surface area contributed by atoms with Gasteiger partial charge >= 0.3 is 0 Å². The molecular formula is C14H20ClNO. The summed E-state index contributed by atoms with van der Waals surface area (Å²) in [6, 6.07) is 7.70. The first-order valence-electron chi connectivity index (χ1n) is 6.11. The van der Waals surface area contributed by atoms with Crippen molar-refractivity contribution in [2.24, 2.45) is 0 Å². The van der Waals surface area contributed by atoms with Crippen LogP contribution in [0.2, 0.25) is 0 Å². The Labute approximate surface area is 109 Å². The number of aldehydes is 1. The molecule has 1 rings (SSSR count). The topological polar surface area (TPSA) is 20.3 Å². The van der Waals surface area contributed by atoms with Gasteiger partial charge in [0.25, 0.3) is 0 Å². The number of carbonyl (C=O) groups excluding carboxylic acids is 1. The minimum atomic E-state index is 0.754. The molecule has 17 heavy (non-hydrogen) atoms. The van der Waals surface area contributed by atoms with Crippen LogP contribution in [0.25, 0.3) is 0 Å². The largest absolute Gasteiger partial charge is 0.374 e. The van der Waals surface area contributed by atoms with E-state index in [0.29, 0.717) is 0 Å². The van der Waals surface area contributed by atoms with E-state index in [0.717, 1.165) is 42.8 Å². The molecule has 0 saturated heterocycles. The molecule has 3 heteroatoms. The fourth-order valence-corrected chi connectivity index (χ4v) is 2.04. The Balaban J connectivity index is 2.41. The highest BCUT2D eigenvalue weighted by Gasteiger charge is 2.05. The Bertz CT molecular complexity index is 341. The van der Waals surface area contributed by atoms with Gasteiger partial charge in [-0.15, -0.1) is 11.6 Å². The summed E-state index contributed by atoms with van der Waals surface area (Å²) >= 11 is 5.63. The number of hydrogen-bond donors (Lipinski definition) is 0. The molecule has 94 valence electrons. The molecule has 0 aliphatic rings. The average molecular weight is 254 g/mol. The van der Waals surface area contributed by atoms with E-state index in [2.05, 4.69) is 4.90 Å². The van der Waals surface area contributed by atoms with E-state index in [9.17, 15) is 4.79 Å². The Kier molecular flexibility index (Phi) is 6.71. The van der Waals surface area contributed by atoms with E-state index < -0.39 is 0 Å². The van der Waals surface area contributed by atoms with Crippen molar-refractivity contribution >= 4 is 23.6 Å². The molecule has 0 aromatic heterocycles. The third kappa shape index (κ3) is 4.78. The standard InChI is InChI=1S/C14H20ClNO/c1-16(11-7-3-2-6-10-15)14-9-5-4-8-13(14)12-17/h4-5,8-9,12H,2-3,6-7,10-11H2,1H3. The SMILES string of the molecule is CN(CCCCCCCl)c1ccccc1C=O. The van der Waals surface area contributed by atoms with Crippen LogP contribution >= 0.6 is 11.6 Å². The van der Waals surface area contributed by atoms with Crippen LogP contribution in [-0.2, 0) is 0 Å². The first-order chi connectivity index (χ1) is 8.29. The van der Waals surface area contributed by atoms with E-state index in [4.69, 9.17) is 11.6 Å². The summed E-state index contributed by atoms with van der Waals surface area (Å²) in [5, 5.41) is 0. The number of anilines is 1. The second-order valence-electron chi connectivity index (χ2n) is 4.20. The molecule has 0 heterocycles. The second kappa shape index (κ2) is 8.13. The van der Waals surface area contributed by atoms with Crippen LogP contribution in [-0.4, -0.2) is 25.8 Å². The first kappa shape index (κ1) is 14.0. The Morgan fingerprint density at radius 3 is 2.59 bits per heavy atom. The van der Waals surface area contributed by atoms with Gasteiger partial charge in [-0.25, -0.2) is 0 Å². The smallest absolute Gasteiger partial charge is 0.152 e. The van der Waals surface area contributed by atoms with Crippen molar-refractivity contribution in [2.45, 2.75) is 25.7 Å². The second-order valence-corrected chi connectivity index (χ2v) is 4.58. The molecule has 1 aromatic carbocycles.